The number of nitrogens with one attached hydrogen (secondary N) is 1. The van der Waals surface area contributed by atoms with Crippen LogP contribution in [-0.4, -0.2) is 8.42 Å². The largest absolute Gasteiger partial charge is 0.326 e. The van der Waals surface area contributed by atoms with Gasteiger partial charge in [0.1, 0.15) is 4.90 Å². The molecule has 0 amide bonds. The van der Waals surface area contributed by atoms with E-state index in [0.29, 0.717) is 19.5 Å². The second kappa shape index (κ2) is 5.92. The first-order valence-electron chi connectivity index (χ1n) is 5.19. The van der Waals surface area contributed by atoms with Crippen molar-refractivity contribution >= 4 is 58.9 Å². The first kappa shape index (κ1) is 15.0. The molecule has 0 unspecified atom stereocenters. The first-order valence-corrected chi connectivity index (χ1v) is 9.14. The van der Waals surface area contributed by atoms with Crippen LogP contribution < -0.4 is 10.5 Å². The number of rotatable bonds is 4. The summed E-state index contributed by atoms with van der Waals surface area (Å²) in [6, 6.07) is 6.89. The molecule has 3 N–H and O–H groups in total. The summed E-state index contributed by atoms with van der Waals surface area (Å²) in [4.78, 5) is 0.860. The predicted octanol–water partition coefficient (Wildman–Crippen LogP) is 3.53. The van der Waals surface area contributed by atoms with Gasteiger partial charge < -0.3 is 5.73 Å². The van der Waals surface area contributed by atoms with Crippen molar-refractivity contribution in [3.63, 3.8) is 0 Å². The Bertz CT molecular complexity index is 678. The van der Waals surface area contributed by atoms with Crippen molar-refractivity contribution < 1.29 is 8.42 Å². The summed E-state index contributed by atoms with van der Waals surface area (Å²) in [6.45, 7) is 0.199. The highest BCUT2D eigenvalue weighted by atomic mass is 79.9. The highest BCUT2D eigenvalue weighted by molar-refractivity contribution is 9.11. The van der Waals surface area contributed by atoms with Crippen LogP contribution in [-0.2, 0) is 16.6 Å². The lowest BCUT2D eigenvalue weighted by atomic mass is 10.3. The van der Waals surface area contributed by atoms with Gasteiger partial charge >= 0.3 is 0 Å². The molecule has 2 rings (SSSR count). The summed E-state index contributed by atoms with van der Waals surface area (Å²) >= 11 is 7.97. The lowest BCUT2D eigenvalue weighted by Gasteiger charge is -2.11. The SMILES string of the molecule is NCc1sccc1S(=O)(=O)Nc1c(Br)cccc1Br. The van der Waals surface area contributed by atoms with Crippen LogP contribution in [0.3, 0.4) is 0 Å². The second-order valence-corrected chi connectivity index (χ2v) is 7.97. The Balaban J connectivity index is 2.43. The molecular formula is C11H10Br2N2O2S2. The number of sulfonamides is 1. The van der Waals surface area contributed by atoms with Crippen LogP contribution in [0, 0.1) is 0 Å². The van der Waals surface area contributed by atoms with Crippen LogP contribution in [0.5, 0.6) is 0 Å². The van der Waals surface area contributed by atoms with Gasteiger partial charge in [-0.3, -0.25) is 4.72 Å². The van der Waals surface area contributed by atoms with Gasteiger partial charge in [-0.25, -0.2) is 8.42 Å². The molecule has 0 saturated carbocycles. The molecule has 1 aromatic carbocycles. The average Bonchev–Trinajstić information content (AvgIpc) is 2.83. The third-order valence-corrected chi connectivity index (χ3v) is 6.21. The molecule has 19 heavy (non-hydrogen) atoms. The van der Waals surface area contributed by atoms with E-state index < -0.39 is 10.0 Å². The predicted molar refractivity (Wildman–Crippen MR) is 84.9 cm³/mol. The van der Waals surface area contributed by atoms with Crippen molar-refractivity contribution in [1.82, 2.24) is 0 Å². The molecule has 0 aliphatic carbocycles. The maximum Gasteiger partial charge on any atom is 0.263 e. The summed E-state index contributed by atoms with van der Waals surface area (Å²) in [5, 5.41) is 1.71. The van der Waals surface area contributed by atoms with Crippen molar-refractivity contribution in [1.29, 1.82) is 0 Å². The lowest BCUT2D eigenvalue weighted by molar-refractivity contribution is 0.600. The van der Waals surface area contributed by atoms with E-state index in [0.717, 1.165) is 0 Å². The van der Waals surface area contributed by atoms with E-state index in [2.05, 4.69) is 36.6 Å². The number of hydrogen-bond donors (Lipinski definition) is 2. The fourth-order valence-electron chi connectivity index (χ4n) is 1.50. The van der Waals surface area contributed by atoms with Gasteiger partial charge in [0.05, 0.1) is 5.69 Å². The number of benzene rings is 1. The summed E-state index contributed by atoms with van der Waals surface area (Å²) in [5.41, 5.74) is 6.01. The molecule has 0 radical (unpaired) electrons. The Morgan fingerprint density at radius 3 is 2.42 bits per heavy atom. The van der Waals surface area contributed by atoms with Gasteiger partial charge in [0.15, 0.2) is 0 Å². The normalized spacial score (nSPS) is 11.5. The van der Waals surface area contributed by atoms with Crippen LogP contribution in [0.25, 0.3) is 0 Å². The van der Waals surface area contributed by atoms with Gasteiger partial charge in [-0.1, -0.05) is 6.07 Å². The zero-order valence-corrected chi connectivity index (χ0v) is 14.4. The van der Waals surface area contributed by atoms with Crippen molar-refractivity contribution in [3.05, 3.63) is 43.5 Å². The Labute approximate surface area is 132 Å². The van der Waals surface area contributed by atoms with Gasteiger partial charge in [0, 0.05) is 20.4 Å². The minimum atomic E-state index is -3.64. The maximum absolute atomic E-state index is 12.3. The molecule has 0 atom stereocenters. The average molecular weight is 426 g/mol. The van der Waals surface area contributed by atoms with E-state index in [1.165, 1.54) is 11.3 Å². The summed E-state index contributed by atoms with van der Waals surface area (Å²) in [6.07, 6.45) is 0. The Kier molecular flexibility index (Phi) is 4.67. The standard InChI is InChI=1S/C11H10Br2N2O2S2/c12-7-2-1-3-8(13)11(7)15-19(16,17)10-4-5-18-9(10)6-14/h1-5,15H,6,14H2. The molecule has 102 valence electrons. The van der Waals surface area contributed by atoms with E-state index in [1.54, 1.807) is 23.6 Å². The van der Waals surface area contributed by atoms with Gasteiger partial charge in [-0.15, -0.1) is 11.3 Å². The number of para-hydroxylation sites is 1. The van der Waals surface area contributed by atoms with Crippen LogP contribution >= 0.6 is 43.2 Å². The van der Waals surface area contributed by atoms with Crippen LogP contribution in [0.2, 0.25) is 0 Å². The minimum Gasteiger partial charge on any atom is -0.326 e. The second-order valence-electron chi connectivity index (χ2n) is 3.61. The molecule has 0 saturated heterocycles. The smallest absolute Gasteiger partial charge is 0.263 e. The van der Waals surface area contributed by atoms with Crippen molar-refractivity contribution in [3.8, 4) is 0 Å². The van der Waals surface area contributed by atoms with E-state index in [-0.39, 0.29) is 11.4 Å². The van der Waals surface area contributed by atoms with E-state index in [9.17, 15) is 8.42 Å². The third kappa shape index (κ3) is 3.19. The molecule has 1 aromatic heterocycles. The van der Waals surface area contributed by atoms with Crippen molar-refractivity contribution in [2.24, 2.45) is 5.73 Å². The Hall–Kier alpha value is -0.410. The Morgan fingerprint density at radius 2 is 1.84 bits per heavy atom. The van der Waals surface area contributed by atoms with E-state index >= 15 is 0 Å². The van der Waals surface area contributed by atoms with E-state index in [1.807, 2.05) is 6.07 Å². The zero-order valence-electron chi connectivity index (χ0n) is 9.56. The van der Waals surface area contributed by atoms with Crippen LogP contribution in [0.15, 0.2) is 43.5 Å². The molecule has 1 heterocycles. The van der Waals surface area contributed by atoms with Crippen molar-refractivity contribution in [2.75, 3.05) is 4.72 Å². The molecule has 0 bridgehead atoms. The fourth-order valence-corrected chi connectivity index (χ4v) is 5.40. The van der Waals surface area contributed by atoms with Gasteiger partial charge in [0.25, 0.3) is 10.0 Å². The summed E-state index contributed by atoms with van der Waals surface area (Å²) in [5.74, 6) is 0. The molecular weight excluding hydrogens is 416 g/mol. The van der Waals surface area contributed by atoms with Crippen LogP contribution in [0.1, 0.15) is 4.88 Å². The fraction of sp³-hybridized carbons (Fsp3) is 0.0909. The first-order chi connectivity index (χ1) is 8.95. The molecule has 0 fully saturated rings. The molecule has 0 aliphatic heterocycles. The van der Waals surface area contributed by atoms with Gasteiger partial charge in [-0.2, -0.15) is 0 Å². The highest BCUT2D eigenvalue weighted by Gasteiger charge is 2.21. The number of anilines is 1. The molecule has 0 spiro atoms. The molecule has 0 aliphatic rings. The quantitative estimate of drug-likeness (QED) is 0.786. The Morgan fingerprint density at radius 1 is 1.21 bits per heavy atom. The number of nitrogens with two attached hydrogens (primary N) is 1. The van der Waals surface area contributed by atoms with Gasteiger partial charge in [-0.05, 0) is 55.4 Å². The topological polar surface area (TPSA) is 72.2 Å². The third-order valence-electron chi connectivity index (χ3n) is 2.38. The van der Waals surface area contributed by atoms with Crippen molar-refractivity contribution in [2.45, 2.75) is 11.4 Å². The monoisotopic (exact) mass is 424 g/mol. The maximum atomic E-state index is 12.3. The summed E-state index contributed by atoms with van der Waals surface area (Å²) in [7, 11) is -3.64. The number of hydrogen-bond acceptors (Lipinski definition) is 4. The minimum absolute atomic E-state index is 0.199. The molecule has 4 nitrogen and oxygen atoms in total. The van der Waals surface area contributed by atoms with Crippen LogP contribution in [0.4, 0.5) is 5.69 Å². The van der Waals surface area contributed by atoms with Gasteiger partial charge in [0.2, 0.25) is 0 Å². The highest BCUT2D eigenvalue weighted by Crippen LogP contribution is 2.33. The molecule has 2 aromatic rings. The lowest BCUT2D eigenvalue weighted by Crippen LogP contribution is -2.15. The van der Waals surface area contributed by atoms with E-state index in [4.69, 9.17) is 5.73 Å². The summed E-state index contributed by atoms with van der Waals surface area (Å²) < 4.78 is 28.6. The zero-order chi connectivity index (χ0) is 14.0. The number of thiophene rings is 1. The molecule has 8 heteroatoms. The number of halogens is 2.